The minimum atomic E-state index is -0.551. The maximum absolute atomic E-state index is 12.9. The van der Waals surface area contributed by atoms with Crippen molar-refractivity contribution in [3.8, 4) is 5.75 Å². The number of ether oxygens (including phenoxy) is 1. The molecule has 2 saturated heterocycles. The van der Waals surface area contributed by atoms with Gasteiger partial charge >= 0.3 is 0 Å². The van der Waals surface area contributed by atoms with Crippen LogP contribution in [0.3, 0.4) is 0 Å². The highest BCUT2D eigenvalue weighted by Gasteiger charge is 2.28. The first kappa shape index (κ1) is 20.4. The van der Waals surface area contributed by atoms with Crippen molar-refractivity contribution in [2.75, 3.05) is 37.6 Å². The van der Waals surface area contributed by atoms with Gasteiger partial charge in [-0.15, -0.1) is 0 Å². The molecule has 0 aliphatic carbocycles. The number of nitrogens with one attached hydrogen (secondary N) is 1. The fraction of sp³-hybridized carbons (Fsp3) is 0.417. The number of anilines is 1. The molecule has 2 amide bonds. The second kappa shape index (κ2) is 9.30. The zero-order valence-corrected chi connectivity index (χ0v) is 17.5. The second-order valence-electron chi connectivity index (χ2n) is 8.14. The number of rotatable bonds is 6. The summed E-state index contributed by atoms with van der Waals surface area (Å²) in [5, 5.41) is 0. The second-order valence-corrected chi connectivity index (χ2v) is 8.14. The lowest BCUT2D eigenvalue weighted by Crippen LogP contribution is -3.13. The summed E-state index contributed by atoms with van der Waals surface area (Å²) < 4.78 is 5.95. The molecule has 2 aromatic rings. The van der Waals surface area contributed by atoms with Gasteiger partial charge in [0.15, 0.2) is 6.10 Å². The minimum Gasteiger partial charge on any atom is -0.481 e. The molecule has 0 radical (unpaired) electrons. The van der Waals surface area contributed by atoms with E-state index in [0.29, 0.717) is 12.2 Å². The van der Waals surface area contributed by atoms with Crippen molar-refractivity contribution in [2.45, 2.75) is 32.4 Å². The average Bonchev–Trinajstić information content (AvgIpc) is 3.20. The van der Waals surface area contributed by atoms with Crippen molar-refractivity contribution >= 4 is 17.5 Å². The van der Waals surface area contributed by atoms with E-state index >= 15 is 0 Å². The smallest absolute Gasteiger partial charge is 0.263 e. The predicted octanol–water partition coefficient (Wildman–Crippen LogP) is 1.51. The molecule has 0 spiro atoms. The van der Waals surface area contributed by atoms with Crippen molar-refractivity contribution < 1.29 is 19.2 Å². The topological polar surface area (TPSA) is 54.3 Å². The summed E-state index contributed by atoms with van der Waals surface area (Å²) in [6, 6.07) is 18.0. The maximum Gasteiger partial charge on any atom is 0.263 e. The molecular formula is C24H30N3O3+. The Morgan fingerprint density at radius 1 is 1.07 bits per heavy atom. The van der Waals surface area contributed by atoms with Crippen LogP contribution in [0, 0.1) is 0 Å². The third kappa shape index (κ3) is 4.82. The van der Waals surface area contributed by atoms with Crippen LogP contribution in [-0.2, 0) is 16.1 Å². The lowest BCUT2D eigenvalue weighted by Gasteiger charge is -2.33. The molecule has 158 valence electrons. The molecule has 30 heavy (non-hydrogen) atoms. The van der Waals surface area contributed by atoms with Crippen LogP contribution >= 0.6 is 0 Å². The Hall–Kier alpha value is -2.86. The SMILES string of the molecule is C[C@H](Oc1cccc(N2CCCC2=O)c1)C(=O)N1CC[NH+](Cc2ccccc2)CC1. The third-order valence-electron chi connectivity index (χ3n) is 5.94. The van der Waals surface area contributed by atoms with E-state index in [2.05, 4.69) is 24.3 Å². The van der Waals surface area contributed by atoms with E-state index in [1.165, 1.54) is 10.5 Å². The van der Waals surface area contributed by atoms with E-state index in [-0.39, 0.29) is 11.8 Å². The van der Waals surface area contributed by atoms with Crippen LogP contribution in [0.2, 0.25) is 0 Å². The first-order chi connectivity index (χ1) is 14.6. The van der Waals surface area contributed by atoms with Gasteiger partial charge in [0, 0.05) is 30.3 Å². The van der Waals surface area contributed by atoms with Gasteiger partial charge in [0.25, 0.3) is 5.91 Å². The van der Waals surface area contributed by atoms with Gasteiger partial charge in [-0.1, -0.05) is 36.4 Å². The lowest BCUT2D eigenvalue weighted by molar-refractivity contribution is -0.917. The van der Waals surface area contributed by atoms with E-state index in [4.69, 9.17) is 4.74 Å². The number of amides is 2. The number of quaternary nitrogens is 1. The number of carbonyl (C=O) groups is 2. The van der Waals surface area contributed by atoms with Gasteiger partial charge in [-0.3, -0.25) is 9.59 Å². The normalized spacial score (nSPS) is 18.5. The van der Waals surface area contributed by atoms with Crippen molar-refractivity contribution in [1.82, 2.24) is 4.90 Å². The Kier molecular flexibility index (Phi) is 6.33. The molecule has 2 fully saturated rings. The summed E-state index contributed by atoms with van der Waals surface area (Å²) in [5.41, 5.74) is 2.17. The zero-order chi connectivity index (χ0) is 20.9. The van der Waals surface area contributed by atoms with Gasteiger partial charge in [-0.05, 0) is 25.5 Å². The van der Waals surface area contributed by atoms with Crippen LogP contribution in [0.5, 0.6) is 5.75 Å². The molecule has 1 atom stereocenters. The molecule has 0 aromatic heterocycles. The maximum atomic E-state index is 12.9. The molecule has 0 unspecified atom stereocenters. The molecule has 6 heteroatoms. The van der Waals surface area contributed by atoms with Crippen LogP contribution in [0.1, 0.15) is 25.3 Å². The molecule has 2 aliphatic rings. The highest BCUT2D eigenvalue weighted by molar-refractivity contribution is 5.95. The Morgan fingerprint density at radius 2 is 1.83 bits per heavy atom. The highest BCUT2D eigenvalue weighted by atomic mass is 16.5. The van der Waals surface area contributed by atoms with E-state index in [0.717, 1.165) is 51.4 Å². The number of hydrogen-bond donors (Lipinski definition) is 1. The van der Waals surface area contributed by atoms with Crippen molar-refractivity contribution in [3.63, 3.8) is 0 Å². The van der Waals surface area contributed by atoms with E-state index < -0.39 is 6.10 Å². The van der Waals surface area contributed by atoms with Gasteiger partial charge in [0.05, 0.1) is 26.2 Å². The standard InChI is InChI=1S/C24H29N3O3/c1-19(30-22-10-5-9-21(17-22)27-12-6-11-23(27)28)24(29)26-15-13-25(14-16-26)18-20-7-3-2-4-8-20/h2-5,7-10,17,19H,6,11-16,18H2,1H3/p+1/t19-/m0/s1. The number of piperazine rings is 1. The van der Waals surface area contributed by atoms with Gasteiger partial charge < -0.3 is 19.4 Å². The van der Waals surface area contributed by atoms with Gasteiger partial charge in [-0.2, -0.15) is 0 Å². The third-order valence-corrected chi connectivity index (χ3v) is 5.94. The zero-order valence-electron chi connectivity index (χ0n) is 17.5. The van der Waals surface area contributed by atoms with Gasteiger partial charge in [-0.25, -0.2) is 0 Å². The minimum absolute atomic E-state index is 0.0245. The van der Waals surface area contributed by atoms with Crippen LogP contribution < -0.4 is 14.5 Å². The monoisotopic (exact) mass is 408 g/mol. The summed E-state index contributed by atoms with van der Waals surface area (Å²) in [5.74, 6) is 0.796. The number of benzene rings is 2. The fourth-order valence-electron chi connectivity index (χ4n) is 4.26. The molecule has 2 aromatic carbocycles. The fourth-order valence-corrected chi connectivity index (χ4v) is 4.26. The molecule has 4 rings (SSSR count). The Morgan fingerprint density at radius 3 is 2.53 bits per heavy atom. The van der Waals surface area contributed by atoms with E-state index in [1.807, 2.05) is 35.2 Å². The Balaban J connectivity index is 1.30. The highest BCUT2D eigenvalue weighted by Crippen LogP contribution is 2.26. The molecule has 0 bridgehead atoms. The van der Waals surface area contributed by atoms with Crippen molar-refractivity contribution in [2.24, 2.45) is 0 Å². The van der Waals surface area contributed by atoms with Gasteiger partial charge in [0.1, 0.15) is 12.3 Å². The summed E-state index contributed by atoms with van der Waals surface area (Å²) in [4.78, 5) is 30.1. The van der Waals surface area contributed by atoms with Crippen LogP contribution in [-0.4, -0.2) is 55.5 Å². The van der Waals surface area contributed by atoms with Crippen LogP contribution in [0.15, 0.2) is 54.6 Å². The molecular weight excluding hydrogens is 378 g/mol. The summed E-state index contributed by atoms with van der Waals surface area (Å²) >= 11 is 0. The molecule has 6 nitrogen and oxygen atoms in total. The number of hydrogen-bond acceptors (Lipinski definition) is 3. The molecule has 1 N–H and O–H groups in total. The van der Waals surface area contributed by atoms with E-state index in [9.17, 15) is 9.59 Å². The largest absolute Gasteiger partial charge is 0.481 e. The Bertz CT molecular complexity index is 878. The van der Waals surface area contributed by atoms with Gasteiger partial charge in [0.2, 0.25) is 5.91 Å². The number of carbonyl (C=O) groups excluding carboxylic acids is 2. The molecule has 2 heterocycles. The molecule has 2 aliphatic heterocycles. The van der Waals surface area contributed by atoms with Crippen LogP contribution in [0.25, 0.3) is 0 Å². The van der Waals surface area contributed by atoms with Crippen LogP contribution in [0.4, 0.5) is 5.69 Å². The summed E-state index contributed by atoms with van der Waals surface area (Å²) in [6.45, 7) is 6.93. The number of nitrogens with zero attached hydrogens (tertiary/aromatic N) is 2. The lowest BCUT2D eigenvalue weighted by atomic mass is 10.2. The summed E-state index contributed by atoms with van der Waals surface area (Å²) in [6.07, 6.45) is 0.931. The molecule has 0 saturated carbocycles. The summed E-state index contributed by atoms with van der Waals surface area (Å²) in [7, 11) is 0. The van der Waals surface area contributed by atoms with E-state index in [1.54, 1.807) is 11.8 Å². The first-order valence-corrected chi connectivity index (χ1v) is 10.8. The quantitative estimate of drug-likeness (QED) is 0.788. The van der Waals surface area contributed by atoms with Crippen molar-refractivity contribution in [1.29, 1.82) is 0 Å². The predicted molar refractivity (Wildman–Crippen MR) is 116 cm³/mol. The Labute approximate surface area is 178 Å². The van der Waals surface area contributed by atoms with Crippen molar-refractivity contribution in [3.05, 3.63) is 60.2 Å². The first-order valence-electron chi connectivity index (χ1n) is 10.8. The average molecular weight is 409 g/mol.